The quantitative estimate of drug-likeness (QED) is 0.630. The maximum atomic E-state index is 12.5. The highest BCUT2D eigenvalue weighted by molar-refractivity contribution is 5.96. The Kier molecular flexibility index (Phi) is 7.65. The first-order valence-corrected chi connectivity index (χ1v) is 10.8. The van der Waals surface area contributed by atoms with Gasteiger partial charge in [-0.25, -0.2) is 0 Å². The van der Waals surface area contributed by atoms with Crippen molar-refractivity contribution in [2.24, 2.45) is 5.92 Å². The van der Waals surface area contributed by atoms with E-state index in [1.807, 2.05) is 30.9 Å². The van der Waals surface area contributed by atoms with Gasteiger partial charge in [0, 0.05) is 41.6 Å². The molecule has 0 aliphatic carbocycles. The molecular weight excluding hydrogens is 392 g/mol. The molecule has 1 aliphatic heterocycles. The molecule has 0 bridgehead atoms. The van der Waals surface area contributed by atoms with Crippen LogP contribution < -0.4 is 16.0 Å². The number of benzene rings is 2. The number of hydrogen-bond donors (Lipinski definition) is 3. The molecule has 0 saturated carbocycles. The van der Waals surface area contributed by atoms with Crippen LogP contribution in [0.1, 0.15) is 43.5 Å². The molecule has 7 nitrogen and oxygen atoms in total. The normalized spacial score (nSPS) is 13.6. The molecule has 164 valence electrons. The minimum Gasteiger partial charge on any atom is -0.376 e. The summed E-state index contributed by atoms with van der Waals surface area (Å²) in [7, 11) is 0. The number of nitrogens with zero attached hydrogens (tertiary/aromatic N) is 1. The fourth-order valence-electron chi connectivity index (χ4n) is 3.36. The number of piperidine rings is 1. The molecule has 31 heavy (non-hydrogen) atoms. The van der Waals surface area contributed by atoms with E-state index in [-0.39, 0.29) is 30.2 Å². The highest BCUT2D eigenvalue weighted by atomic mass is 16.2. The minimum atomic E-state index is -0.208. The number of anilines is 3. The second-order valence-corrected chi connectivity index (χ2v) is 8.06. The highest BCUT2D eigenvalue weighted by Gasteiger charge is 2.17. The topological polar surface area (TPSA) is 90.5 Å². The molecule has 3 amide bonds. The van der Waals surface area contributed by atoms with E-state index >= 15 is 0 Å². The highest BCUT2D eigenvalue weighted by Crippen LogP contribution is 2.17. The van der Waals surface area contributed by atoms with Gasteiger partial charge in [-0.3, -0.25) is 14.4 Å². The van der Waals surface area contributed by atoms with Crippen LogP contribution in [-0.2, 0) is 9.59 Å². The zero-order chi connectivity index (χ0) is 22.2. The van der Waals surface area contributed by atoms with Crippen LogP contribution in [0.2, 0.25) is 0 Å². The maximum absolute atomic E-state index is 12.5. The average molecular weight is 423 g/mol. The Morgan fingerprint density at radius 3 is 2.16 bits per heavy atom. The predicted molar refractivity (Wildman–Crippen MR) is 123 cm³/mol. The van der Waals surface area contributed by atoms with Crippen molar-refractivity contribution in [3.63, 3.8) is 0 Å². The van der Waals surface area contributed by atoms with E-state index in [0.717, 1.165) is 31.6 Å². The first kappa shape index (κ1) is 22.3. The van der Waals surface area contributed by atoms with Crippen LogP contribution in [0.15, 0.2) is 48.5 Å². The van der Waals surface area contributed by atoms with Gasteiger partial charge in [0.25, 0.3) is 5.91 Å². The Bertz CT molecular complexity index is 919. The number of nitrogens with one attached hydrogen (secondary N) is 3. The lowest BCUT2D eigenvalue weighted by molar-refractivity contribution is -0.119. The Hall–Kier alpha value is -3.35. The van der Waals surface area contributed by atoms with Gasteiger partial charge in [-0.15, -0.1) is 0 Å². The molecule has 2 aromatic rings. The fourth-order valence-corrected chi connectivity index (χ4v) is 3.36. The number of carbonyl (C=O) groups excluding carboxylic acids is 3. The third-order valence-electron chi connectivity index (χ3n) is 5.17. The van der Waals surface area contributed by atoms with Gasteiger partial charge in [0.15, 0.2) is 0 Å². The molecule has 2 aromatic carbocycles. The maximum Gasteiger partial charge on any atom is 0.253 e. The van der Waals surface area contributed by atoms with Crippen molar-refractivity contribution in [3.8, 4) is 0 Å². The third kappa shape index (κ3) is 6.57. The van der Waals surface area contributed by atoms with E-state index in [1.165, 1.54) is 6.42 Å². The summed E-state index contributed by atoms with van der Waals surface area (Å²) in [6.45, 7) is 5.37. The van der Waals surface area contributed by atoms with E-state index in [1.54, 1.807) is 36.4 Å². The predicted octanol–water partition coefficient (Wildman–Crippen LogP) is 3.96. The molecule has 0 radical (unpaired) electrons. The van der Waals surface area contributed by atoms with Gasteiger partial charge in [0.2, 0.25) is 11.8 Å². The standard InChI is InChI=1S/C24H30N4O3/c1-17(2)23(30)27-21-8-6-7-20(15-21)26-22(29)16-25-19-11-9-18(10-12-19)24(31)28-13-4-3-5-14-28/h6-12,15,17,25H,3-5,13-14,16H2,1-2H3,(H,26,29)(H,27,30). The molecule has 3 rings (SSSR count). The fraction of sp³-hybridized carbons (Fsp3) is 0.375. The van der Waals surface area contributed by atoms with Crippen LogP contribution in [0, 0.1) is 5.92 Å². The zero-order valence-electron chi connectivity index (χ0n) is 18.1. The second kappa shape index (κ2) is 10.6. The van der Waals surface area contributed by atoms with Crippen molar-refractivity contribution >= 4 is 34.8 Å². The van der Waals surface area contributed by atoms with Crippen LogP contribution in [0.3, 0.4) is 0 Å². The Morgan fingerprint density at radius 2 is 1.52 bits per heavy atom. The third-order valence-corrected chi connectivity index (χ3v) is 5.17. The van der Waals surface area contributed by atoms with Crippen molar-refractivity contribution < 1.29 is 14.4 Å². The molecule has 0 aromatic heterocycles. The van der Waals surface area contributed by atoms with Gasteiger partial charge in [0.1, 0.15) is 0 Å². The van der Waals surface area contributed by atoms with E-state index in [2.05, 4.69) is 16.0 Å². The SMILES string of the molecule is CC(C)C(=O)Nc1cccc(NC(=O)CNc2ccc(C(=O)N3CCCCC3)cc2)c1. The Balaban J connectivity index is 1.49. The van der Waals surface area contributed by atoms with Gasteiger partial charge in [-0.2, -0.15) is 0 Å². The van der Waals surface area contributed by atoms with Crippen LogP contribution in [-0.4, -0.2) is 42.3 Å². The summed E-state index contributed by atoms with van der Waals surface area (Å²) in [6.07, 6.45) is 3.31. The molecular formula is C24H30N4O3. The zero-order valence-corrected chi connectivity index (χ0v) is 18.1. The van der Waals surface area contributed by atoms with Crippen molar-refractivity contribution in [2.45, 2.75) is 33.1 Å². The summed E-state index contributed by atoms with van der Waals surface area (Å²) in [5, 5.41) is 8.69. The molecule has 0 unspecified atom stereocenters. The summed E-state index contributed by atoms with van der Waals surface area (Å²) in [4.78, 5) is 38.5. The molecule has 1 saturated heterocycles. The van der Waals surface area contributed by atoms with Crippen LogP contribution >= 0.6 is 0 Å². The molecule has 7 heteroatoms. The number of carbonyl (C=O) groups is 3. The average Bonchev–Trinajstić information content (AvgIpc) is 2.78. The van der Waals surface area contributed by atoms with Crippen molar-refractivity contribution in [1.29, 1.82) is 0 Å². The van der Waals surface area contributed by atoms with Gasteiger partial charge < -0.3 is 20.9 Å². The van der Waals surface area contributed by atoms with Crippen molar-refractivity contribution in [1.82, 2.24) is 4.90 Å². The minimum absolute atomic E-state index is 0.0634. The lowest BCUT2D eigenvalue weighted by Crippen LogP contribution is -2.35. The van der Waals surface area contributed by atoms with Crippen molar-refractivity contribution in [2.75, 3.05) is 35.6 Å². The Labute approximate surface area is 183 Å². The second-order valence-electron chi connectivity index (χ2n) is 8.06. The first-order chi connectivity index (χ1) is 14.9. The molecule has 3 N–H and O–H groups in total. The first-order valence-electron chi connectivity index (χ1n) is 10.8. The Morgan fingerprint density at radius 1 is 0.871 bits per heavy atom. The van der Waals surface area contributed by atoms with E-state index in [9.17, 15) is 14.4 Å². The summed E-state index contributed by atoms with van der Waals surface area (Å²) in [5.41, 5.74) is 2.68. The van der Waals surface area contributed by atoms with Crippen LogP contribution in [0.5, 0.6) is 0 Å². The van der Waals surface area contributed by atoms with Gasteiger partial charge >= 0.3 is 0 Å². The summed E-state index contributed by atoms with van der Waals surface area (Å²) < 4.78 is 0. The van der Waals surface area contributed by atoms with E-state index in [4.69, 9.17) is 0 Å². The summed E-state index contributed by atoms with van der Waals surface area (Å²) >= 11 is 0. The lowest BCUT2D eigenvalue weighted by Gasteiger charge is -2.26. The number of hydrogen-bond acceptors (Lipinski definition) is 4. The number of likely N-dealkylation sites (tertiary alicyclic amines) is 1. The summed E-state index contributed by atoms with van der Waals surface area (Å²) in [6, 6.07) is 14.2. The van der Waals surface area contributed by atoms with Gasteiger partial charge in [-0.1, -0.05) is 19.9 Å². The lowest BCUT2D eigenvalue weighted by atomic mass is 10.1. The van der Waals surface area contributed by atoms with E-state index in [0.29, 0.717) is 16.9 Å². The largest absolute Gasteiger partial charge is 0.376 e. The molecule has 1 heterocycles. The number of amides is 3. The van der Waals surface area contributed by atoms with Gasteiger partial charge in [0.05, 0.1) is 6.54 Å². The van der Waals surface area contributed by atoms with E-state index < -0.39 is 0 Å². The molecule has 0 spiro atoms. The van der Waals surface area contributed by atoms with Gasteiger partial charge in [-0.05, 0) is 61.7 Å². The smallest absolute Gasteiger partial charge is 0.253 e. The summed E-state index contributed by atoms with van der Waals surface area (Å²) in [5.74, 6) is -0.342. The van der Waals surface area contributed by atoms with Crippen LogP contribution in [0.25, 0.3) is 0 Å². The monoisotopic (exact) mass is 422 g/mol. The molecule has 0 atom stereocenters. The molecule has 1 fully saturated rings. The molecule has 1 aliphatic rings. The number of rotatable bonds is 7. The van der Waals surface area contributed by atoms with Crippen LogP contribution in [0.4, 0.5) is 17.1 Å². The van der Waals surface area contributed by atoms with Crippen molar-refractivity contribution in [3.05, 3.63) is 54.1 Å².